The minimum atomic E-state index is -3.69. The van der Waals surface area contributed by atoms with Gasteiger partial charge in [-0.05, 0) is 17.7 Å². The van der Waals surface area contributed by atoms with Crippen LogP contribution in [-0.4, -0.2) is 38.6 Å². The predicted molar refractivity (Wildman–Crippen MR) is 100 cm³/mol. The Bertz CT molecular complexity index is 922. The van der Waals surface area contributed by atoms with E-state index in [2.05, 4.69) is 10.6 Å². The molecular formula is C19H19N3O4S. The van der Waals surface area contributed by atoms with Crippen LogP contribution in [0.4, 0.5) is 0 Å². The lowest BCUT2D eigenvalue weighted by molar-refractivity contribution is -0.122. The van der Waals surface area contributed by atoms with Gasteiger partial charge >= 0.3 is 0 Å². The van der Waals surface area contributed by atoms with Crippen molar-refractivity contribution in [3.8, 4) is 6.07 Å². The van der Waals surface area contributed by atoms with Crippen molar-refractivity contribution in [3.63, 3.8) is 0 Å². The summed E-state index contributed by atoms with van der Waals surface area (Å²) in [4.78, 5) is 24.6. The Morgan fingerprint density at radius 2 is 1.59 bits per heavy atom. The summed E-state index contributed by atoms with van der Waals surface area (Å²) >= 11 is 0. The maximum absolute atomic E-state index is 12.5. The average molecular weight is 385 g/mol. The highest BCUT2D eigenvalue weighted by atomic mass is 32.2. The normalized spacial score (nSPS) is 11.8. The molecular weight excluding hydrogens is 366 g/mol. The van der Waals surface area contributed by atoms with Gasteiger partial charge in [-0.2, -0.15) is 5.26 Å². The van der Waals surface area contributed by atoms with Crippen molar-refractivity contribution in [2.24, 2.45) is 0 Å². The Balaban J connectivity index is 2.15. The standard InChI is InChI=1S/C19H19N3O4S/c20-11-12-21-19(24)17(22-18(23)16-9-5-2-6-10-16)14-27(25,26)13-15-7-3-1-4-8-15/h1-10,17H,12-14H2,(H,21,24)(H,22,23). The number of nitrogens with one attached hydrogen (secondary N) is 2. The van der Waals surface area contributed by atoms with Gasteiger partial charge in [-0.3, -0.25) is 9.59 Å². The summed E-state index contributed by atoms with van der Waals surface area (Å²) in [6.07, 6.45) is 0. The molecule has 1 atom stereocenters. The van der Waals surface area contributed by atoms with E-state index in [1.807, 2.05) is 0 Å². The van der Waals surface area contributed by atoms with Crippen LogP contribution < -0.4 is 10.6 Å². The second kappa shape index (κ2) is 9.50. The van der Waals surface area contributed by atoms with Crippen LogP contribution in [0.2, 0.25) is 0 Å². The highest BCUT2D eigenvalue weighted by Crippen LogP contribution is 2.08. The number of nitrogens with zero attached hydrogens (tertiary/aromatic N) is 1. The molecule has 2 aromatic carbocycles. The number of amides is 2. The van der Waals surface area contributed by atoms with Crippen LogP contribution in [0, 0.1) is 11.3 Å². The third kappa shape index (κ3) is 6.56. The Labute approximate surface area is 157 Å². The lowest BCUT2D eigenvalue weighted by Gasteiger charge is -2.18. The zero-order valence-electron chi connectivity index (χ0n) is 14.5. The van der Waals surface area contributed by atoms with Crippen molar-refractivity contribution in [2.45, 2.75) is 11.8 Å². The smallest absolute Gasteiger partial charge is 0.251 e. The van der Waals surface area contributed by atoms with E-state index in [4.69, 9.17) is 5.26 Å². The van der Waals surface area contributed by atoms with Gasteiger partial charge in [0.25, 0.3) is 5.91 Å². The first-order valence-corrected chi connectivity index (χ1v) is 9.98. The molecule has 0 aromatic heterocycles. The number of carbonyl (C=O) groups is 2. The van der Waals surface area contributed by atoms with Crippen LogP contribution in [0.15, 0.2) is 60.7 Å². The number of hydrogen-bond donors (Lipinski definition) is 2. The maximum atomic E-state index is 12.5. The fourth-order valence-corrected chi connectivity index (χ4v) is 3.97. The molecule has 2 rings (SSSR count). The molecule has 0 aliphatic heterocycles. The van der Waals surface area contributed by atoms with Crippen LogP contribution in [-0.2, 0) is 20.4 Å². The highest BCUT2D eigenvalue weighted by molar-refractivity contribution is 7.90. The third-order valence-corrected chi connectivity index (χ3v) is 5.26. The largest absolute Gasteiger partial charge is 0.341 e. The van der Waals surface area contributed by atoms with E-state index in [0.29, 0.717) is 11.1 Å². The summed E-state index contributed by atoms with van der Waals surface area (Å²) in [6.45, 7) is -0.282. The number of rotatable bonds is 8. The van der Waals surface area contributed by atoms with Gasteiger partial charge in [0.15, 0.2) is 9.84 Å². The van der Waals surface area contributed by atoms with Gasteiger partial charge in [0, 0.05) is 5.56 Å². The van der Waals surface area contributed by atoms with Crippen LogP contribution in [0.5, 0.6) is 0 Å². The zero-order valence-corrected chi connectivity index (χ0v) is 15.3. The summed E-state index contributed by atoms with van der Waals surface area (Å²) in [5.74, 6) is -2.12. The Kier molecular flexibility index (Phi) is 7.08. The Morgan fingerprint density at radius 1 is 1.00 bits per heavy atom. The van der Waals surface area contributed by atoms with Crippen LogP contribution in [0.1, 0.15) is 15.9 Å². The molecule has 0 spiro atoms. The lowest BCUT2D eigenvalue weighted by atomic mass is 10.2. The lowest BCUT2D eigenvalue weighted by Crippen LogP contribution is -2.50. The molecule has 0 aliphatic rings. The molecule has 0 radical (unpaired) electrons. The van der Waals surface area contributed by atoms with Crippen molar-refractivity contribution in [1.82, 2.24) is 10.6 Å². The monoisotopic (exact) mass is 385 g/mol. The number of nitriles is 1. The molecule has 8 heteroatoms. The molecule has 27 heavy (non-hydrogen) atoms. The van der Waals surface area contributed by atoms with Crippen LogP contribution in [0.3, 0.4) is 0 Å². The molecule has 1 unspecified atom stereocenters. The topological polar surface area (TPSA) is 116 Å². The van der Waals surface area contributed by atoms with Gasteiger partial charge in [0.1, 0.15) is 12.6 Å². The molecule has 0 bridgehead atoms. The van der Waals surface area contributed by atoms with E-state index < -0.39 is 33.4 Å². The molecule has 2 N–H and O–H groups in total. The first-order chi connectivity index (χ1) is 12.9. The van der Waals surface area contributed by atoms with E-state index in [1.165, 1.54) is 0 Å². The van der Waals surface area contributed by atoms with Crippen molar-refractivity contribution >= 4 is 21.7 Å². The number of sulfone groups is 1. The minimum absolute atomic E-state index is 0.253. The first kappa shape index (κ1) is 20.1. The average Bonchev–Trinajstić information content (AvgIpc) is 2.66. The van der Waals surface area contributed by atoms with E-state index in [0.717, 1.165) is 0 Å². The molecule has 0 saturated carbocycles. The number of hydrogen-bond acceptors (Lipinski definition) is 5. The van der Waals surface area contributed by atoms with E-state index in [-0.39, 0.29) is 12.3 Å². The van der Waals surface area contributed by atoms with Crippen molar-refractivity contribution < 1.29 is 18.0 Å². The summed E-state index contributed by atoms with van der Waals surface area (Å²) < 4.78 is 25.0. The van der Waals surface area contributed by atoms with Gasteiger partial charge in [0.2, 0.25) is 5.91 Å². The molecule has 7 nitrogen and oxygen atoms in total. The first-order valence-electron chi connectivity index (χ1n) is 8.16. The van der Waals surface area contributed by atoms with Gasteiger partial charge < -0.3 is 10.6 Å². The maximum Gasteiger partial charge on any atom is 0.251 e. The van der Waals surface area contributed by atoms with Crippen LogP contribution >= 0.6 is 0 Å². The Hall–Kier alpha value is -3.18. The summed E-state index contributed by atoms with van der Waals surface area (Å²) in [5, 5.41) is 13.4. The molecule has 2 amide bonds. The predicted octanol–water partition coefficient (Wildman–Crippen LogP) is 1.04. The fraction of sp³-hybridized carbons (Fsp3) is 0.211. The highest BCUT2D eigenvalue weighted by Gasteiger charge is 2.27. The van der Waals surface area contributed by atoms with E-state index in [9.17, 15) is 18.0 Å². The molecule has 0 saturated heterocycles. The second-order valence-electron chi connectivity index (χ2n) is 5.81. The quantitative estimate of drug-likeness (QED) is 0.659. The SMILES string of the molecule is N#CCNC(=O)C(CS(=O)(=O)Cc1ccccc1)NC(=O)c1ccccc1. The third-order valence-electron chi connectivity index (χ3n) is 3.65. The number of benzene rings is 2. The molecule has 140 valence electrons. The van der Waals surface area contributed by atoms with E-state index in [1.54, 1.807) is 66.7 Å². The Morgan fingerprint density at radius 3 is 2.19 bits per heavy atom. The van der Waals surface area contributed by atoms with Gasteiger partial charge in [-0.1, -0.05) is 48.5 Å². The fourth-order valence-electron chi connectivity index (χ4n) is 2.40. The van der Waals surface area contributed by atoms with Crippen molar-refractivity contribution in [3.05, 3.63) is 71.8 Å². The molecule has 0 aliphatic carbocycles. The number of carbonyl (C=O) groups excluding carboxylic acids is 2. The van der Waals surface area contributed by atoms with Gasteiger partial charge in [-0.15, -0.1) is 0 Å². The van der Waals surface area contributed by atoms with Crippen LogP contribution in [0.25, 0.3) is 0 Å². The van der Waals surface area contributed by atoms with Gasteiger partial charge in [0.05, 0.1) is 17.6 Å². The summed E-state index contributed by atoms with van der Waals surface area (Å²) in [6, 6.07) is 17.2. The molecule has 0 fully saturated rings. The summed E-state index contributed by atoms with van der Waals surface area (Å²) in [7, 11) is -3.69. The molecule has 0 heterocycles. The summed E-state index contributed by atoms with van der Waals surface area (Å²) in [5.41, 5.74) is 0.888. The van der Waals surface area contributed by atoms with Gasteiger partial charge in [-0.25, -0.2) is 8.42 Å². The van der Waals surface area contributed by atoms with E-state index >= 15 is 0 Å². The second-order valence-corrected chi connectivity index (χ2v) is 7.92. The van der Waals surface area contributed by atoms with Crippen molar-refractivity contribution in [1.29, 1.82) is 5.26 Å². The van der Waals surface area contributed by atoms with Crippen molar-refractivity contribution in [2.75, 3.05) is 12.3 Å². The zero-order chi connectivity index (χ0) is 19.7. The molecule has 2 aromatic rings. The minimum Gasteiger partial charge on any atom is -0.341 e.